The van der Waals surface area contributed by atoms with Gasteiger partial charge in [-0.05, 0) is 12.1 Å². The number of nitriles is 1. The molecule has 1 aromatic carbocycles. The van der Waals surface area contributed by atoms with Crippen LogP contribution in [-0.4, -0.2) is 20.2 Å². The zero-order valence-electron chi connectivity index (χ0n) is 8.91. The van der Waals surface area contributed by atoms with Gasteiger partial charge in [-0.1, -0.05) is 0 Å². The van der Waals surface area contributed by atoms with Gasteiger partial charge in [0.25, 0.3) is 0 Å². The number of nitrogens with zero attached hydrogens (tertiary/aromatic N) is 1. The number of benzene rings is 1. The summed E-state index contributed by atoms with van der Waals surface area (Å²) in [5, 5.41) is 8.93. The number of carbonyl (C=O) groups excluding carboxylic acids is 1. The Labute approximate surface area is 98.3 Å². The predicted molar refractivity (Wildman–Crippen MR) is 58.6 cm³/mol. The number of methoxy groups -OCH3 is 2. The maximum atomic E-state index is 11.3. The summed E-state index contributed by atoms with van der Waals surface area (Å²) >= 11 is 5.71. The van der Waals surface area contributed by atoms with Gasteiger partial charge in [-0.3, -0.25) is 0 Å². The minimum Gasteiger partial charge on any atom is -0.496 e. The maximum absolute atomic E-state index is 11.3. The highest BCUT2D eigenvalue weighted by molar-refractivity contribution is 6.17. The summed E-state index contributed by atoms with van der Waals surface area (Å²) in [6.07, 6.45) is 0. The van der Waals surface area contributed by atoms with Crippen molar-refractivity contribution < 1.29 is 14.3 Å². The SMILES string of the molecule is COC(=O)c1cc(C#N)c(CCl)c(OC)c1. The third-order valence-corrected chi connectivity index (χ3v) is 2.37. The van der Waals surface area contributed by atoms with Crippen molar-refractivity contribution in [2.75, 3.05) is 14.2 Å². The van der Waals surface area contributed by atoms with Crippen LogP contribution in [0, 0.1) is 11.3 Å². The third-order valence-electron chi connectivity index (χ3n) is 2.10. The number of ether oxygens (including phenoxy) is 2. The molecule has 1 rings (SSSR count). The highest BCUT2D eigenvalue weighted by atomic mass is 35.5. The molecule has 4 nitrogen and oxygen atoms in total. The van der Waals surface area contributed by atoms with E-state index in [1.54, 1.807) is 0 Å². The summed E-state index contributed by atoms with van der Waals surface area (Å²) in [5.41, 5.74) is 1.15. The number of hydrogen-bond acceptors (Lipinski definition) is 4. The van der Waals surface area contributed by atoms with Crippen molar-refractivity contribution in [3.63, 3.8) is 0 Å². The fraction of sp³-hybridized carbons (Fsp3) is 0.273. The second kappa shape index (κ2) is 5.38. The summed E-state index contributed by atoms with van der Waals surface area (Å²) in [5.74, 6) is 0.0402. The highest BCUT2D eigenvalue weighted by Gasteiger charge is 2.14. The molecule has 5 heteroatoms. The van der Waals surface area contributed by atoms with Gasteiger partial charge in [0.1, 0.15) is 5.75 Å². The Morgan fingerprint density at radius 1 is 1.50 bits per heavy atom. The molecule has 0 aliphatic rings. The molecule has 0 heterocycles. The molecule has 0 amide bonds. The van der Waals surface area contributed by atoms with E-state index in [1.165, 1.54) is 26.4 Å². The van der Waals surface area contributed by atoms with Crippen molar-refractivity contribution in [3.05, 3.63) is 28.8 Å². The summed E-state index contributed by atoms with van der Waals surface area (Å²) in [6.45, 7) is 0. The zero-order chi connectivity index (χ0) is 12.1. The van der Waals surface area contributed by atoms with Crippen LogP contribution < -0.4 is 4.74 Å². The van der Waals surface area contributed by atoms with E-state index >= 15 is 0 Å². The van der Waals surface area contributed by atoms with Crippen molar-refractivity contribution in [1.82, 2.24) is 0 Å². The third kappa shape index (κ3) is 2.26. The van der Waals surface area contributed by atoms with Crippen LogP contribution in [0.3, 0.4) is 0 Å². The van der Waals surface area contributed by atoms with Gasteiger partial charge in [0.05, 0.1) is 37.3 Å². The Hall–Kier alpha value is -1.73. The van der Waals surface area contributed by atoms with Crippen LogP contribution in [0.1, 0.15) is 21.5 Å². The van der Waals surface area contributed by atoms with Gasteiger partial charge in [-0.2, -0.15) is 5.26 Å². The lowest BCUT2D eigenvalue weighted by atomic mass is 10.0. The first-order valence-corrected chi connectivity index (χ1v) is 4.96. The molecule has 0 N–H and O–H groups in total. The van der Waals surface area contributed by atoms with Gasteiger partial charge >= 0.3 is 5.97 Å². The smallest absolute Gasteiger partial charge is 0.338 e. The molecule has 1 aromatic rings. The van der Waals surface area contributed by atoms with Crippen LogP contribution >= 0.6 is 11.6 Å². The minimum absolute atomic E-state index is 0.146. The average Bonchev–Trinajstić information content (AvgIpc) is 2.35. The number of carbonyl (C=O) groups is 1. The zero-order valence-corrected chi connectivity index (χ0v) is 9.67. The van der Waals surface area contributed by atoms with E-state index in [4.69, 9.17) is 21.6 Å². The van der Waals surface area contributed by atoms with E-state index in [9.17, 15) is 4.79 Å². The summed E-state index contributed by atoms with van der Waals surface area (Å²) in [6, 6.07) is 4.91. The summed E-state index contributed by atoms with van der Waals surface area (Å²) < 4.78 is 9.64. The molecule has 0 aliphatic carbocycles. The number of hydrogen-bond donors (Lipinski definition) is 0. The van der Waals surface area contributed by atoms with E-state index < -0.39 is 5.97 Å². The summed E-state index contributed by atoms with van der Waals surface area (Å²) in [4.78, 5) is 11.3. The number of alkyl halides is 1. The van der Waals surface area contributed by atoms with Crippen molar-refractivity contribution >= 4 is 17.6 Å². The second-order valence-electron chi connectivity index (χ2n) is 2.94. The number of halogens is 1. The van der Waals surface area contributed by atoms with Crippen LogP contribution in [0.2, 0.25) is 0 Å². The second-order valence-corrected chi connectivity index (χ2v) is 3.21. The summed E-state index contributed by atoms with van der Waals surface area (Å²) in [7, 11) is 2.73. The predicted octanol–water partition coefficient (Wildman–Crippen LogP) is 2.09. The molecule has 0 saturated carbocycles. The minimum atomic E-state index is -0.518. The Morgan fingerprint density at radius 3 is 2.62 bits per heavy atom. The fourth-order valence-corrected chi connectivity index (χ4v) is 1.58. The van der Waals surface area contributed by atoms with Gasteiger partial charge in [0.15, 0.2) is 0 Å². The molecule has 0 saturated heterocycles. The molecule has 84 valence electrons. The van der Waals surface area contributed by atoms with Gasteiger partial charge in [0, 0.05) is 5.56 Å². The van der Waals surface area contributed by atoms with Crippen LogP contribution in [0.5, 0.6) is 5.75 Å². The largest absolute Gasteiger partial charge is 0.496 e. The maximum Gasteiger partial charge on any atom is 0.338 e. The molecule has 0 bridgehead atoms. The van der Waals surface area contributed by atoms with Crippen LogP contribution in [0.4, 0.5) is 0 Å². The van der Waals surface area contributed by atoms with Crippen LogP contribution in [0.25, 0.3) is 0 Å². The molecule has 0 aliphatic heterocycles. The van der Waals surface area contributed by atoms with Crippen LogP contribution in [-0.2, 0) is 10.6 Å². The molecule has 0 aromatic heterocycles. The quantitative estimate of drug-likeness (QED) is 0.599. The first-order valence-electron chi connectivity index (χ1n) is 4.43. The van der Waals surface area contributed by atoms with Crippen molar-refractivity contribution in [2.45, 2.75) is 5.88 Å². The van der Waals surface area contributed by atoms with Crippen molar-refractivity contribution in [1.29, 1.82) is 5.26 Å². The van der Waals surface area contributed by atoms with E-state index in [0.29, 0.717) is 16.9 Å². The van der Waals surface area contributed by atoms with Gasteiger partial charge < -0.3 is 9.47 Å². The lowest BCUT2D eigenvalue weighted by Crippen LogP contribution is -2.04. The van der Waals surface area contributed by atoms with E-state index in [0.717, 1.165) is 0 Å². The lowest BCUT2D eigenvalue weighted by molar-refractivity contribution is 0.0600. The van der Waals surface area contributed by atoms with Gasteiger partial charge in [0.2, 0.25) is 0 Å². The van der Waals surface area contributed by atoms with E-state index in [2.05, 4.69) is 4.74 Å². The molecular formula is C11H10ClNO3. The molecule has 0 spiro atoms. The standard InChI is InChI=1S/C11H10ClNO3/c1-15-10-4-7(11(14)16-2)3-8(6-13)9(10)5-12/h3-4H,5H2,1-2H3. The molecule has 0 unspecified atom stereocenters. The number of rotatable bonds is 3. The normalized spacial score (nSPS) is 9.38. The van der Waals surface area contributed by atoms with Crippen molar-refractivity contribution in [2.24, 2.45) is 0 Å². The molecule has 0 fully saturated rings. The Balaban J connectivity index is 3.38. The first-order chi connectivity index (χ1) is 7.67. The Bertz CT molecular complexity index is 451. The lowest BCUT2D eigenvalue weighted by Gasteiger charge is -2.09. The highest BCUT2D eigenvalue weighted by Crippen LogP contribution is 2.26. The molecular weight excluding hydrogens is 230 g/mol. The Kier molecular flexibility index (Phi) is 4.15. The monoisotopic (exact) mass is 239 g/mol. The topological polar surface area (TPSA) is 59.3 Å². The van der Waals surface area contributed by atoms with Gasteiger partial charge in [-0.15, -0.1) is 11.6 Å². The fourth-order valence-electron chi connectivity index (χ4n) is 1.30. The van der Waals surface area contributed by atoms with Crippen LogP contribution in [0.15, 0.2) is 12.1 Å². The first kappa shape index (κ1) is 12.3. The molecule has 0 radical (unpaired) electrons. The Morgan fingerprint density at radius 2 is 2.19 bits per heavy atom. The van der Waals surface area contributed by atoms with Gasteiger partial charge in [-0.25, -0.2) is 4.79 Å². The molecule has 0 atom stereocenters. The average molecular weight is 240 g/mol. The van der Waals surface area contributed by atoms with Crippen molar-refractivity contribution in [3.8, 4) is 11.8 Å². The van der Waals surface area contributed by atoms with E-state index in [1.807, 2.05) is 6.07 Å². The molecule has 16 heavy (non-hydrogen) atoms. The number of esters is 1. The van der Waals surface area contributed by atoms with E-state index in [-0.39, 0.29) is 11.4 Å².